The molecule has 0 bridgehead atoms. The van der Waals surface area contributed by atoms with Gasteiger partial charge in [0.25, 0.3) is 11.6 Å². The van der Waals surface area contributed by atoms with Crippen LogP contribution in [0, 0.1) is 10.1 Å². The maximum atomic E-state index is 11.9. The summed E-state index contributed by atoms with van der Waals surface area (Å²) in [6.07, 6.45) is 2.01. The summed E-state index contributed by atoms with van der Waals surface area (Å²) in [5.74, 6) is -0.182. The summed E-state index contributed by atoms with van der Waals surface area (Å²) in [5, 5.41) is 16.6. The minimum Gasteiger partial charge on any atom is -0.348 e. The normalized spacial score (nSPS) is 18.2. The summed E-state index contributed by atoms with van der Waals surface area (Å²) in [6.45, 7) is 1.77. The number of nitro benzene ring substituents is 1. The molecule has 1 atom stereocenters. The van der Waals surface area contributed by atoms with Crippen molar-refractivity contribution in [3.63, 3.8) is 0 Å². The van der Waals surface area contributed by atoms with Crippen LogP contribution in [0.2, 0.25) is 0 Å². The molecule has 0 radical (unpaired) electrons. The molecule has 1 aromatic carbocycles. The van der Waals surface area contributed by atoms with Crippen LogP contribution in [-0.4, -0.2) is 30.0 Å². The molecule has 0 aromatic heterocycles. The number of halogens is 1. The summed E-state index contributed by atoms with van der Waals surface area (Å²) in [7, 11) is 0. The lowest BCUT2D eigenvalue weighted by Gasteiger charge is -2.23. The second-order valence-electron chi connectivity index (χ2n) is 4.32. The molecule has 2 rings (SSSR count). The second-order valence-corrected chi connectivity index (χ2v) is 4.32. The molecule has 19 heavy (non-hydrogen) atoms. The zero-order valence-electron chi connectivity index (χ0n) is 10.3. The molecule has 7 heteroatoms. The van der Waals surface area contributed by atoms with Crippen molar-refractivity contribution in [2.75, 3.05) is 13.1 Å². The number of carbonyl (C=O) groups excluding carboxylic acids is 1. The van der Waals surface area contributed by atoms with Gasteiger partial charge in [0.05, 0.1) is 4.92 Å². The van der Waals surface area contributed by atoms with Crippen LogP contribution in [0.1, 0.15) is 23.2 Å². The first-order valence-electron chi connectivity index (χ1n) is 5.93. The third-order valence-corrected chi connectivity index (χ3v) is 2.97. The summed E-state index contributed by atoms with van der Waals surface area (Å²) in [5.41, 5.74) is 0.442. The van der Waals surface area contributed by atoms with E-state index < -0.39 is 4.92 Å². The van der Waals surface area contributed by atoms with Crippen molar-refractivity contribution in [3.8, 4) is 0 Å². The van der Waals surface area contributed by atoms with Crippen LogP contribution in [-0.2, 0) is 0 Å². The number of nitrogens with zero attached hydrogens (tertiary/aromatic N) is 1. The van der Waals surface area contributed by atoms with Crippen LogP contribution in [0.5, 0.6) is 0 Å². The van der Waals surface area contributed by atoms with Gasteiger partial charge in [-0.3, -0.25) is 14.9 Å². The molecule has 1 aromatic rings. The van der Waals surface area contributed by atoms with E-state index in [0.717, 1.165) is 25.9 Å². The van der Waals surface area contributed by atoms with Gasteiger partial charge in [-0.2, -0.15) is 0 Å². The van der Waals surface area contributed by atoms with E-state index in [4.69, 9.17) is 0 Å². The minimum absolute atomic E-state index is 0. The van der Waals surface area contributed by atoms with E-state index in [-0.39, 0.29) is 30.0 Å². The van der Waals surface area contributed by atoms with Crippen LogP contribution in [0.15, 0.2) is 24.3 Å². The second kappa shape index (κ2) is 7.06. The Morgan fingerprint density at radius 1 is 1.37 bits per heavy atom. The third kappa shape index (κ3) is 4.18. The van der Waals surface area contributed by atoms with E-state index in [9.17, 15) is 14.9 Å². The van der Waals surface area contributed by atoms with Crippen molar-refractivity contribution in [1.82, 2.24) is 10.6 Å². The topological polar surface area (TPSA) is 84.3 Å². The van der Waals surface area contributed by atoms with Gasteiger partial charge < -0.3 is 10.6 Å². The number of carbonyl (C=O) groups is 1. The Kier molecular flexibility index (Phi) is 5.72. The van der Waals surface area contributed by atoms with Crippen molar-refractivity contribution in [1.29, 1.82) is 0 Å². The summed E-state index contributed by atoms with van der Waals surface area (Å²) in [4.78, 5) is 21.9. The first kappa shape index (κ1) is 15.4. The molecule has 1 aliphatic rings. The Morgan fingerprint density at radius 3 is 2.58 bits per heavy atom. The zero-order valence-corrected chi connectivity index (χ0v) is 11.1. The third-order valence-electron chi connectivity index (χ3n) is 2.97. The first-order chi connectivity index (χ1) is 8.66. The van der Waals surface area contributed by atoms with Gasteiger partial charge in [-0.15, -0.1) is 12.4 Å². The molecule has 0 saturated carbocycles. The molecule has 0 spiro atoms. The van der Waals surface area contributed by atoms with Gasteiger partial charge in [-0.25, -0.2) is 0 Å². The quantitative estimate of drug-likeness (QED) is 0.651. The average Bonchev–Trinajstić information content (AvgIpc) is 2.40. The fourth-order valence-electron chi connectivity index (χ4n) is 1.98. The average molecular weight is 286 g/mol. The number of nitro groups is 1. The van der Waals surface area contributed by atoms with Crippen molar-refractivity contribution < 1.29 is 9.72 Å². The van der Waals surface area contributed by atoms with Crippen molar-refractivity contribution in [2.24, 2.45) is 0 Å². The highest BCUT2D eigenvalue weighted by Gasteiger charge is 2.16. The van der Waals surface area contributed by atoms with E-state index in [2.05, 4.69) is 10.6 Å². The number of hydrogen-bond acceptors (Lipinski definition) is 4. The van der Waals surface area contributed by atoms with Crippen LogP contribution < -0.4 is 10.6 Å². The van der Waals surface area contributed by atoms with Gasteiger partial charge in [-0.1, -0.05) is 0 Å². The summed E-state index contributed by atoms with van der Waals surface area (Å²) in [6, 6.07) is 5.77. The van der Waals surface area contributed by atoms with Crippen LogP contribution in [0.4, 0.5) is 5.69 Å². The van der Waals surface area contributed by atoms with Gasteiger partial charge in [0.1, 0.15) is 0 Å². The fraction of sp³-hybridized carbons (Fsp3) is 0.417. The van der Waals surface area contributed by atoms with Gasteiger partial charge in [0.2, 0.25) is 0 Å². The first-order valence-corrected chi connectivity index (χ1v) is 5.93. The van der Waals surface area contributed by atoms with Crippen LogP contribution in [0.3, 0.4) is 0 Å². The van der Waals surface area contributed by atoms with Crippen LogP contribution in [0.25, 0.3) is 0 Å². The number of piperidine rings is 1. The lowest BCUT2D eigenvalue weighted by molar-refractivity contribution is -0.384. The maximum Gasteiger partial charge on any atom is 0.269 e. The fourth-order valence-corrected chi connectivity index (χ4v) is 1.98. The number of non-ortho nitro benzene ring substituents is 1. The summed E-state index contributed by atoms with van der Waals surface area (Å²) < 4.78 is 0. The molecule has 2 N–H and O–H groups in total. The van der Waals surface area contributed by atoms with Gasteiger partial charge >= 0.3 is 0 Å². The standard InChI is InChI=1S/C12H15N3O3.ClH/c16-12(14-10-2-1-7-13-8-10)9-3-5-11(6-4-9)15(17)18;/h3-6,10,13H,1-2,7-8H2,(H,14,16);1H/t10-;/m0./s1. The zero-order chi connectivity index (χ0) is 13.0. The highest BCUT2D eigenvalue weighted by molar-refractivity contribution is 5.94. The van der Waals surface area contributed by atoms with Gasteiger partial charge in [0, 0.05) is 30.3 Å². The number of rotatable bonds is 3. The molecule has 1 heterocycles. The molecule has 0 aliphatic carbocycles. The number of hydrogen-bond donors (Lipinski definition) is 2. The molecule has 0 unspecified atom stereocenters. The predicted molar refractivity (Wildman–Crippen MR) is 73.7 cm³/mol. The predicted octanol–water partition coefficient (Wildman–Crippen LogP) is 1.50. The molecule has 104 valence electrons. The lowest BCUT2D eigenvalue weighted by Crippen LogP contribution is -2.45. The number of benzene rings is 1. The summed E-state index contributed by atoms with van der Waals surface area (Å²) >= 11 is 0. The Labute approximate surface area is 117 Å². The molecule has 1 amide bonds. The van der Waals surface area contributed by atoms with E-state index >= 15 is 0 Å². The Hall–Kier alpha value is -1.66. The van der Waals surface area contributed by atoms with E-state index in [1.807, 2.05) is 0 Å². The number of amides is 1. The van der Waals surface area contributed by atoms with Crippen LogP contribution >= 0.6 is 12.4 Å². The van der Waals surface area contributed by atoms with Crippen molar-refractivity contribution in [2.45, 2.75) is 18.9 Å². The molecule has 1 aliphatic heterocycles. The molecule has 1 fully saturated rings. The highest BCUT2D eigenvalue weighted by atomic mass is 35.5. The van der Waals surface area contributed by atoms with Crippen molar-refractivity contribution in [3.05, 3.63) is 39.9 Å². The minimum atomic E-state index is -0.479. The SMILES string of the molecule is Cl.O=C(N[C@H]1CCCNC1)c1ccc([N+](=O)[O-])cc1. The number of nitrogens with one attached hydrogen (secondary N) is 2. The van der Waals surface area contributed by atoms with Crippen molar-refractivity contribution >= 4 is 24.0 Å². The Bertz CT molecular complexity index is 444. The monoisotopic (exact) mass is 285 g/mol. The molecular weight excluding hydrogens is 270 g/mol. The van der Waals surface area contributed by atoms with E-state index in [1.165, 1.54) is 24.3 Å². The van der Waals surface area contributed by atoms with Gasteiger partial charge in [-0.05, 0) is 31.5 Å². The molecule has 6 nitrogen and oxygen atoms in total. The van der Waals surface area contributed by atoms with Gasteiger partial charge in [0.15, 0.2) is 0 Å². The largest absolute Gasteiger partial charge is 0.348 e. The molecular formula is C12H16ClN3O3. The maximum absolute atomic E-state index is 11.9. The Morgan fingerprint density at radius 2 is 2.05 bits per heavy atom. The van der Waals surface area contributed by atoms with E-state index in [0.29, 0.717) is 5.56 Å². The van der Waals surface area contributed by atoms with E-state index in [1.54, 1.807) is 0 Å². The molecule has 1 saturated heterocycles. The smallest absolute Gasteiger partial charge is 0.269 e. The highest BCUT2D eigenvalue weighted by Crippen LogP contribution is 2.12. The lowest BCUT2D eigenvalue weighted by atomic mass is 10.1. The Balaban J connectivity index is 0.00000180.